The number of allylic oxidation sites excluding steroid dienone is 2. The van der Waals surface area contributed by atoms with Gasteiger partial charge in [0, 0.05) is 32.4 Å². The molecule has 5 nitrogen and oxygen atoms in total. The Balaban J connectivity index is 1.67. The van der Waals surface area contributed by atoms with E-state index in [1.54, 1.807) is 6.07 Å². The van der Waals surface area contributed by atoms with E-state index in [2.05, 4.69) is 21.2 Å². The maximum Gasteiger partial charge on any atom is 0.336 e. The number of furan rings is 1. The zero-order valence-corrected chi connectivity index (χ0v) is 18.4. The molecule has 1 aromatic heterocycles. The first-order valence-corrected chi connectivity index (χ1v) is 10.6. The van der Waals surface area contributed by atoms with Gasteiger partial charge in [0.05, 0.1) is 24.3 Å². The SMILES string of the molecule is COC(=O)C1=C(C)NC2=C(C(=O)c3ccccc32)[C@@H]1c1ccc(-c2ccc(Br)cc2)o1. The summed E-state index contributed by atoms with van der Waals surface area (Å²) in [6, 6.07) is 18.9. The number of ketones is 1. The van der Waals surface area contributed by atoms with E-state index in [4.69, 9.17) is 9.15 Å². The number of dihydropyridines is 1. The number of carbonyl (C=O) groups is 2. The van der Waals surface area contributed by atoms with Crippen LogP contribution in [-0.2, 0) is 9.53 Å². The van der Waals surface area contributed by atoms with Crippen LogP contribution in [0.4, 0.5) is 0 Å². The normalized spacial score (nSPS) is 17.4. The van der Waals surface area contributed by atoms with Crippen LogP contribution in [0.25, 0.3) is 17.0 Å². The number of halogens is 1. The molecule has 0 amide bonds. The number of carbonyl (C=O) groups excluding carboxylic acids is 2. The molecule has 6 heteroatoms. The molecule has 1 aliphatic carbocycles. The van der Waals surface area contributed by atoms with Crippen LogP contribution in [-0.4, -0.2) is 18.9 Å². The van der Waals surface area contributed by atoms with E-state index in [1.165, 1.54) is 7.11 Å². The molecule has 3 aromatic rings. The van der Waals surface area contributed by atoms with Gasteiger partial charge in [-0.05, 0) is 31.2 Å². The van der Waals surface area contributed by atoms with E-state index >= 15 is 0 Å². The van der Waals surface area contributed by atoms with Crippen LogP contribution in [0, 0.1) is 0 Å². The zero-order valence-electron chi connectivity index (χ0n) is 16.9. The fourth-order valence-electron chi connectivity index (χ4n) is 4.27. The number of hydrogen-bond acceptors (Lipinski definition) is 5. The Bertz CT molecular complexity index is 1300. The second kappa shape index (κ2) is 7.39. The molecular weight excluding hydrogens is 458 g/mol. The van der Waals surface area contributed by atoms with Crippen molar-refractivity contribution in [2.45, 2.75) is 12.8 Å². The van der Waals surface area contributed by atoms with E-state index in [0.717, 1.165) is 21.3 Å². The smallest absolute Gasteiger partial charge is 0.336 e. The van der Waals surface area contributed by atoms with Gasteiger partial charge in [-0.1, -0.05) is 52.3 Å². The van der Waals surface area contributed by atoms with Gasteiger partial charge in [-0.25, -0.2) is 4.79 Å². The quantitative estimate of drug-likeness (QED) is 0.510. The summed E-state index contributed by atoms with van der Waals surface area (Å²) in [6.45, 7) is 1.81. The predicted octanol–water partition coefficient (Wildman–Crippen LogP) is 5.45. The van der Waals surface area contributed by atoms with Crippen LogP contribution in [0.5, 0.6) is 0 Å². The van der Waals surface area contributed by atoms with E-state index < -0.39 is 11.9 Å². The van der Waals surface area contributed by atoms with Crippen LogP contribution in [0.3, 0.4) is 0 Å². The first-order chi connectivity index (χ1) is 15.0. The molecule has 0 bridgehead atoms. The average Bonchev–Trinajstić information content (AvgIpc) is 3.37. The Morgan fingerprint density at radius 1 is 1.03 bits per heavy atom. The highest BCUT2D eigenvalue weighted by molar-refractivity contribution is 9.10. The third-order valence-corrected chi connectivity index (χ3v) is 6.22. The summed E-state index contributed by atoms with van der Waals surface area (Å²) < 4.78 is 12.2. The summed E-state index contributed by atoms with van der Waals surface area (Å²) in [7, 11) is 1.34. The number of methoxy groups -OCH3 is 1. The second-order valence-electron chi connectivity index (χ2n) is 7.46. The zero-order chi connectivity index (χ0) is 21.7. The van der Waals surface area contributed by atoms with Crippen LogP contribution in [0.2, 0.25) is 0 Å². The Hall–Kier alpha value is -3.38. The minimum Gasteiger partial charge on any atom is -0.466 e. The summed E-state index contributed by atoms with van der Waals surface area (Å²) in [5, 5.41) is 3.27. The van der Waals surface area contributed by atoms with Crippen LogP contribution in [0.1, 0.15) is 34.5 Å². The molecule has 5 rings (SSSR count). The Morgan fingerprint density at radius 3 is 2.45 bits per heavy atom. The Kier molecular flexibility index (Phi) is 4.67. The molecule has 31 heavy (non-hydrogen) atoms. The van der Waals surface area contributed by atoms with Crippen molar-refractivity contribution in [2.75, 3.05) is 7.11 Å². The molecule has 1 atom stereocenters. The minimum absolute atomic E-state index is 0.112. The van der Waals surface area contributed by atoms with Crippen molar-refractivity contribution in [3.05, 3.63) is 98.9 Å². The molecule has 0 fully saturated rings. The van der Waals surface area contributed by atoms with Gasteiger partial charge in [0.2, 0.25) is 0 Å². The lowest BCUT2D eigenvalue weighted by Gasteiger charge is -2.27. The number of benzene rings is 2. The lowest BCUT2D eigenvalue weighted by Crippen LogP contribution is -2.28. The fourth-order valence-corrected chi connectivity index (χ4v) is 4.54. The molecule has 154 valence electrons. The summed E-state index contributed by atoms with van der Waals surface area (Å²) in [5.41, 5.74) is 4.58. The third kappa shape index (κ3) is 3.06. The first kappa shape index (κ1) is 19.6. The van der Waals surface area contributed by atoms with Gasteiger partial charge in [-0.3, -0.25) is 4.79 Å². The van der Waals surface area contributed by atoms with Crippen LogP contribution >= 0.6 is 15.9 Å². The lowest BCUT2D eigenvalue weighted by atomic mass is 9.83. The highest BCUT2D eigenvalue weighted by Crippen LogP contribution is 2.47. The summed E-state index contributed by atoms with van der Waals surface area (Å²) in [6.07, 6.45) is 0. The van der Waals surface area contributed by atoms with Crippen molar-refractivity contribution in [1.82, 2.24) is 5.32 Å². The molecule has 0 saturated carbocycles. The maximum absolute atomic E-state index is 13.4. The number of Topliss-reactive ketones (excluding diaryl/α,β-unsaturated/α-hetero) is 1. The molecule has 0 saturated heterocycles. The van der Waals surface area contributed by atoms with Crippen molar-refractivity contribution in [3.63, 3.8) is 0 Å². The van der Waals surface area contributed by atoms with Gasteiger partial charge >= 0.3 is 5.97 Å². The number of ether oxygens (including phenoxy) is 1. The lowest BCUT2D eigenvalue weighted by molar-refractivity contribution is -0.136. The molecule has 2 heterocycles. The number of esters is 1. The number of nitrogens with one attached hydrogen (secondary N) is 1. The topological polar surface area (TPSA) is 68.5 Å². The number of rotatable bonds is 3. The summed E-state index contributed by atoms with van der Waals surface area (Å²) in [4.78, 5) is 26.1. The van der Waals surface area contributed by atoms with Gasteiger partial charge in [0.15, 0.2) is 5.78 Å². The summed E-state index contributed by atoms with van der Waals surface area (Å²) in [5.74, 6) is -0.0841. The molecule has 0 unspecified atom stereocenters. The van der Waals surface area contributed by atoms with Crippen molar-refractivity contribution in [1.29, 1.82) is 0 Å². The fraction of sp³-hybridized carbons (Fsp3) is 0.120. The van der Waals surface area contributed by atoms with Gasteiger partial charge in [0.25, 0.3) is 0 Å². The minimum atomic E-state index is -0.659. The van der Waals surface area contributed by atoms with Gasteiger partial charge < -0.3 is 14.5 Å². The second-order valence-corrected chi connectivity index (χ2v) is 8.38. The van der Waals surface area contributed by atoms with E-state index in [-0.39, 0.29) is 5.78 Å². The van der Waals surface area contributed by atoms with E-state index in [0.29, 0.717) is 33.9 Å². The summed E-state index contributed by atoms with van der Waals surface area (Å²) >= 11 is 3.44. The Labute approximate surface area is 187 Å². The highest BCUT2D eigenvalue weighted by Gasteiger charge is 2.44. The molecule has 1 aliphatic heterocycles. The van der Waals surface area contributed by atoms with Gasteiger partial charge in [0.1, 0.15) is 11.5 Å². The van der Waals surface area contributed by atoms with Crippen molar-refractivity contribution >= 4 is 33.4 Å². The molecule has 0 spiro atoms. The van der Waals surface area contributed by atoms with Crippen molar-refractivity contribution < 1.29 is 18.7 Å². The first-order valence-electron chi connectivity index (χ1n) is 9.79. The highest BCUT2D eigenvalue weighted by atomic mass is 79.9. The van der Waals surface area contributed by atoms with Crippen molar-refractivity contribution in [2.24, 2.45) is 0 Å². The van der Waals surface area contributed by atoms with Crippen LogP contribution < -0.4 is 5.32 Å². The Morgan fingerprint density at radius 2 is 1.74 bits per heavy atom. The molecule has 0 radical (unpaired) electrons. The largest absolute Gasteiger partial charge is 0.466 e. The third-order valence-electron chi connectivity index (χ3n) is 5.69. The molecule has 2 aliphatic rings. The predicted molar refractivity (Wildman–Crippen MR) is 120 cm³/mol. The van der Waals surface area contributed by atoms with Gasteiger partial charge in [-0.2, -0.15) is 0 Å². The maximum atomic E-state index is 13.4. The molecular formula is C25H18BrNO4. The standard InChI is InChI=1S/C25H18BrNO4/c1-13-20(25(29)30-2)21(19-12-11-18(31-19)14-7-9-15(26)10-8-14)22-23(27-13)16-5-3-4-6-17(16)24(22)28/h3-12,21,27H,1-2H3/t21-/m1/s1. The monoisotopic (exact) mass is 475 g/mol. The van der Waals surface area contributed by atoms with E-state index in [1.807, 2.05) is 61.5 Å². The van der Waals surface area contributed by atoms with Gasteiger partial charge in [-0.15, -0.1) is 0 Å². The molecule has 2 aromatic carbocycles. The average molecular weight is 476 g/mol. The van der Waals surface area contributed by atoms with Crippen LogP contribution in [0.15, 0.2) is 86.4 Å². The molecule has 1 N–H and O–H groups in total. The number of hydrogen-bond donors (Lipinski definition) is 1. The van der Waals surface area contributed by atoms with Crippen molar-refractivity contribution in [3.8, 4) is 11.3 Å². The van der Waals surface area contributed by atoms with E-state index in [9.17, 15) is 9.59 Å². The number of fused-ring (bicyclic) bond motifs is 2.